The molecule has 0 bridgehead atoms. The molecule has 0 spiro atoms. The third-order valence-corrected chi connectivity index (χ3v) is 7.01. The predicted octanol–water partition coefficient (Wildman–Crippen LogP) is 4.74. The number of nitrogens with one attached hydrogen (secondary N) is 1. The summed E-state index contributed by atoms with van der Waals surface area (Å²) in [6, 6.07) is 10.3. The summed E-state index contributed by atoms with van der Waals surface area (Å²) in [6.07, 6.45) is 0.981. The largest absolute Gasteiger partial charge is 0.350 e. The van der Waals surface area contributed by atoms with Crippen molar-refractivity contribution in [2.24, 2.45) is 0 Å². The molecule has 1 N–H and O–H groups in total. The predicted molar refractivity (Wildman–Crippen MR) is 138 cm³/mol. The number of sulfonamides is 1. The maximum atomic E-state index is 13.5. The van der Waals surface area contributed by atoms with Crippen LogP contribution in [0, 0.1) is 0 Å². The van der Waals surface area contributed by atoms with E-state index >= 15 is 0 Å². The Hall–Kier alpha value is -2.00. The van der Waals surface area contributed by atoms with E-state index in [9.17, 15) is 18.0 Å². The van der Waals surface area contributed by atoms with Crippen LogP contribution in [0.25, 0.3) is 0 Å². The molecule has 7 nitrogen and oxygen atoms in total. The molecule has 2 amide bonds. The quantitative estimate of drug-likeness (QED) is 0.516. The van der Waals surface area contributed by atoms with Crippen molar-refractivity contribution in [2.75, 3.05) is 17.1 Å². The number of rotatable bonds is 8. The fourth-order valence-electron chi connectivity index (χ4n) is 3.16. The van der Waals surface area contributed by atoms with E-state index in [0.717, 1.165) is 10.6 Å². The normalized spacial score (nSPS) is 12.7. The minimum absolute atomic E-state index is 0.101. The van der Waals surface area contributed by atoms with Gasteiger partial charge in [-0.3, -0.25) is 13.9 Å². The molecular formula is C23H28Cl3N3O4S. The first-order valence-electron chi connectivity index (χ1n) is 10.4. The van der Waals surface area contributed by atoms with Crippen LogP contribution in [0.2, 0.25) is 15.1 Å². The second-order valence-corrected chi connectivity index (χ2v) is 12.0. The van der Waals surface area contributed by atoms with Gasteiger partial charge in [0.2, 0.25) is 21.8 Å². The molecule has 11 heteroatoms. The molecule has 0 aliphatic heterocycles. The Balaban J connectivity index is 2.48. The summed E-state index contributed by atoms with van der Waals surface area (Å²) < 4.78 is 26.1. The number of carbonyl (C=O) groups excluding carboxylic acids is 2. The van der Waals surface area contributed by atoms with Gasteiger partial charge in [-0.2, -0.15) is 0 Å². The van der Waals surface area contributed by atoms with Crippen LogP contribution >= 0.6 is 34.8 Å². The molecule has 0 aliphatic rings. The Bertz CT molecular complexity index is 1150. The molecule has 186 valence electrons. The van der Waals surface area contributed by atoms with Gasteiger partial charge in [-0.15, -0.1) is 0 Å². The highest BCUT2D eigenvalue weighted by Crippen LogP contribution is 2.29. The molecule has 2 aromatic rings. The maximum Gasteiger partial charge on any atom is 0.244 e. The molecular weight excluding hydrogens is 521 g/mol. The highest BCUT2D eigenvalue weighted by atomic mass is 35.5. The Kier molecular flexibility index (Phi) is 9.27. The lowest BCUT2D eigenvalue weighted by molar-refractivity contribution is -0.140. The van der Waals surface area contributed by atoms with Crippen LogP contribution in [-0.2, 0) is 26.2 Å². The molecule has 0 aromatic heterocycles. The van der Waals surface area contributed by atoms with Crippen molar-refractivity contribution in [3.8, 4) is 0 Å². The average Bonchev–Trinajstić information content (AvgIpc) is 2.70. The minimum Gasteiger partial charge on any atom is -0.350 e. The van der Waals surface area contributed by atoms with E-state index in [1.165, 1.54) is 17.0 Å². The molecule has 0 heterocycles. The number of hydrogen-bond donors (Lipinski definition) is 1. The lowest BCUT2D eigenvalue weighted by Crippen LogP contribution is -2.54. The Morgan fingerprint density at radius 3 is 2.00 bits per heavy atom. The van der Waals surface area contributed by atoms with E-state index in [0.29, 0.717) is 15.6 Å². The van der Waals surface area contributed by atoms with Gasteiger partial charge in [0.15, 0.2) is 0 Å². The summed E-state index contributed by atoms with van der Waals surface area (Å²) in [7, 11) is -3.88. The zero-order valence-electron chi connectivity index (χ0n) is 19.6. The van der Waals surface area contributed by atoms with Gasteiger partial charge >= 0.3 is 0 Å². The number of halogens is 3. The van der Waals surface area contributed by atoms with E-state index in [1.807, 2.05) is 20.8 Å². The van der Waals surface area contributed by atoms with Crippen molar-refractivity contribution in [1.29, 1.82) is 0 Å². The molecule has 0 saturated heterocycles. The molecule has 34 heavy (non-hydrogen) atoms. The van der Waals surface area contributed by atoms with Gasteiger partial charge in [-0.1, -0.05) is 53.0 Å². The van der Waals surface area contributed by atoms with E-state index in [-0.39, 0.29) is 17.3 Å². The monoisotopic (exact) mass is 547 g/mol. The number of hydrogen-bond acceptors (Lipinski definition) is 4. The number of para-hydroxylation sites is 1. The zero-order valence-corrected chi connectivity index (χ0v) is 22.7. The molecule has 0 saturated carbocycles. The minimum atomic E-state index is -3.88. The van der Waals surface area contributed by atoms with Crippen LogP contribution in [0.1, 0.15) is 33.3 Å². The first-order chi connectivity index (χ1) is 15.6. The summed E-state index contributed by atoms with van der Waals surface area (Å²) >= 11 is 18.8. The molecule has 0 unspecified atom stereocenters. The second-order valence-electron chi connectivity index (χ2n) is 8.86. The Labute approximate surface area is 216 Å². The lowest BCUT2D eigenvalue weighted by atomic mass is 10.1. The summed E-state index contributed by atoms with van der Waals surface area (Å²) in [5.41, 5.74) is 0.0547. The van der Waals surface area contributed by atoms with Gasteiger partial charge < -0.3 is 10.2 Å². The van der Waals surface area contributed by atoms with E-state index < -0.39 is 40.0 Å². The highest BCUT2D eigenvalue weighted by molar-refractivity contribution is 7.92. The van der Waals surface area contributed by atoms with Crippen LogP contribution in [0.5, 0.6) is 0 Å². The molecule has 1 atom stereocenters. The van der Waals surface area contributed by atoms with Crippen LogP contribution < -0.4 is 9.62 Å². The molecule has 2 aromatic carbocycles. The zero-order chi connectivity index (χ0) is 25.8. The number of carbonyl (C=O) groups is 2. The summed E-state index contributed by atoms with van der Waals surface area (Å²) in [5.74, 6) is -1.04. The highest BCUT2D eigenvalue weighted by Gasteiger charge is 2.32. The molecule has 0 radical (unpaired) electrons. The molecule has 0 aliphatic carbocycles. The van der Waals surface area contributed by atoms with Crippen LogP contribution in [0.3, 0.4) is 0 Å². The van der Waals surface area contributed by atoms with Crippen molar-refractivity contribution >= 4 is 62.3 Å². The first-order valence-corrected chi connectivity index (χ1v) is 13.4. The van der Waals surface area contributed by atoms with Crippen molar-refractivity contribution in [1.82, 2.24) is 10.2 Å². The fourth-order valence-corrected chi connectivity index (χ4v) is 4.83. The first kappa shape index (κ1) is 28.2. The van der Waals surface area contributed by atoms with Gasteiger partial charge in [-0.25, -0.2) is 8.42 Å². The van der Waals surface area contributed by atoms with Gasteiger partial charge in [0.25, 0.3) is 0 Å². The number of anilines is 1. The Morgan fingerprint density at radius 2 is 1.50 bits per heavy atom. The lowest BCUT2D eigenvalue weighted by Gasteiger charge is -2.33. The number of amides is 2. The van der Waals surface area contributed by atoms with Crippen molar-refractivity contribution < 1.29 is 18.0 Å². The smallest absolute Gasteiger partial charge is 0.244 e. The summed E-state index contributed by atoms with van der Waals surface area (Å²) in [5, 5.41) is 3.65. The summed E-state index contributed by atoms with van der Waals surface area (Å²) in [4.78, 5) is 27.7. The third-order valence-electron chi connectivity index (χ3n) is 4.86. The summed E-state index contributed by atoms with van der Waals surface area (Å²) in [6.45, 7) is 6.34. The number of nitrogens with zero attached hydrogens (tertiary/aromatic N) is 2. The van der Waals surface area contributed by atoms with E-state index in [1.54, 1.807) is 37.3 Å². The van der Waals surface area contributed by atoms with Crippen LogP contribution in [0.4, 0.5) is 5.69 Å². The van der Waals surface area contributed by atoms with Gasteiger partial charge in [-0.05, 0) is 52.0 Å². The van der Waals surface area contributed by atoms with E-state index in [2.05, 4.69) is 5.32 Å². The van der Waals surface area contributed by atoms with Gasteiger partial charge in [0, 0.05) is 27.7 Å². The Morgan fingerprint density at radius 1 is 0.971 bits per heavy atom. The standard InChI is InChI=1S/C23H28Cl3N3O4S/c1-15(22(31)27-23(2,3)4)28(13-16-17(24)10-8-11-18(16)25)21(30)14-29(34(5,32)33)20-12-7-6-9-19(20)26/h6-12,15H,13-14H2,1-5H3,(H,27,31)/t15-/m1/s1. The van der Waals surface area contributed by atoms with Gasteiger partial charge in [0.05, 0.1) is 17.0 Å². The van der Waals surface area contributed by atoms with Crippen molar-refractivity contribution in [3.63, 3.8) is 0 Å². The van der Waals surface area contributed by atoms with E-state index in [4.69, 9.17) is 34.8 Å². The van der Waals surface area contributed by atoms with Crippen LogP contribution in [-0.4, -0.2) is 49.5 Å². The topological polar surface area (TPSA) is 86.8 Å². The average molecular weight is 549 g/mol. The maximum absolute atomic E-state index is 13.5. The third kappa shape index (κ3) is 7.50. The SMILES string of the molecule is C[C@H](C(=O)NC(C)(C)C)N(Cc1c(Cl)cccc1Cl)C(=O)CN(c1ccccc1Cl)S(C)(=O)=O. The second kappa shape index (κ2) is 11.2. The van der Waals surface area contributed by atoms with Crippen molar-refractivity contribution in [2.45, 2.75) is 45.8 Å². The molecule has 2 rings (SSSR count). The van der Waals surface area contributed by atoms with Gasteiger partial charge in [0.1, 0.15) is 12.6 Å². The van der Waals surface area contributed by atoms with Crippen molar-refractivity contribution in [3.05, 3.63) is 63.1 Å². The molecule has 0 fully saturated rings. The van der Waals surface area contributed by atoms with Crippen LogP contribution in [0.15, 0.2) is 42.5 Å². The number of benzene rings is 2. The fraction of sp³-hybridized carbons (Fsp3) is 0.391.